The molecule has 0 atom stereocenters. The smallest absolute Gasteiger partial charge is 0.0857 e. The molecule has 0 rings (SSSR count). The van der Waals surface area contributed by atoms with Gasteiger partial charge in [-0.05, 0) is 19.3 Å². The van der Waals surface area contributed by atoms with Crippen LogP contribution in [-0.4, -0.2) is 105 Å². The molecule has 0 saturated heterocycles. The van der Waals surface area contributed by atoms with E-state index < -0.39 is 0 Å². The van der Waals surface area contributed by atoms with Crippen LogP contribution in [0.3, 0.4) is 0 Å². The van der Waals surface area contributed by atoms with Crippen LogP contribution in [0.2, 0.25) is 0 Å². The van der Waals surface area contributed by atoms with Crippen molar-refractivity contribution in [2.24, 2.45) is 17.2 Å². The van der Waals surface area contributed by atoms with Crippen molar-refractivity contribution >= 4 is 88.4 Å². The summed E-state index contributed by atoms with van der Waals surface area (Å²) < 4.78 is 20.0. The third kappa shape index (κ3) is 151. The number of nitrogens with two attached hydrogens (primary N) is 3. The van der Waals surface area contributed by atoms with E-state index in [4.69, 9.17) is 41.3 Å². The van der Waals surface area contributed by atoms with Crippen LogP contribution in [0.4, 0.5) is 0 Å². The molecule has 0 saturated carbocycles. The van der Waals surface area contributed by atoms with E-state index in [1.54, 1.807) is 0 Å². The van der Waals surface area contributed by atoms with Gasteiger partial charge in [0, 0.05) is 61.1 Å². The molecule has 0 aliphatic carbocycles. The van der Waals surface area contributed by atoms with Gasteiger partial charge in [-0.25, -0.2) is 0 Å². The van der Waals surface area contributed by atoms with Gasteiger partial charge < -0.3 is 41.3 Å². The number of ether oxygens (including phenoxy) is 4. The lowest BCUT2D eigenvalue weighted by molar-refractivity contribution is 0.142. The van der Waals surface area contributed by atoms with Gasteiger partial charge >= 0.3 is 0 Å². The number of hydrogen-bond donors (Lipinski definition) is 11. The second-order valence-corrected chi connectivity index (χ2v) is 8.78. The minimum Gasteiger partial charge on any atom is -0.386 e. The van der Waals surface area contributed by atoms with Crippen LogP contribution in [-0.2, 0) is 18.9 Å². The fourth-order valence-electron chi connectivity index (χ4n) is 1.20. The zero-order chi connectivity index (χ0) is 30.3. The highest BCUT2D eigenvalue weighted by atomic mass is 32.2. The first-order chi connectivity index (χ1) is 17.9. The molecule has 0 unspecified atom stereocenters. The first kappa shape index (κ1) is 55.1. The molecule has 0 radical (unpaired) electrons. The first-order valence-corrected chi connectivity index (χ1v) is 16.6. The minimum atomic E-state index is -0.0556. The van der Waals surface area contributed by atoms with Gasteiger partial charge in [0.05, 0.1) is 39.0 Å². The molecule has 0 bridgehead atoms. The molecule has 0 aliphatic heterocycles. The third-order valence-electron chi connectivity index (χ3n) is 2.28. The molecule has 0 heterocycles. The van der Waals surface area contributed by atoms with Crippen molar-refractivity contribution in [3.63, 3.8) is 0 Å². The highest BCUT2D eigenvalue weighted by Gasteiger charge is 1.80. The zero-order valence-electron chi connectivity index (χ0n) is 23.4. The summed E-state index contributed by atoms with van der Waals surface area (Å²) in [4.78, 5) is 0. The molecular weight excluding hydrogens is 611 g/mol. The number of rotatable bonds is 16. The molecule has 0 spiro atoms. The van der Waals surface area contributed by atoms with Crippen molar-refractivity contribution in [2.75, 3.05) is 100 Å². The van der Waals surface area contributed by atoms with Crippen molar-refractivity contribution in [2.45, 2.75) is 40.0 Å². The highest BCUT2D eigenvalue weighted by Crippen LogP contribution is 1.81. The number of aliphatic hydroxyl groups is 1. The lowest BCUT2D eigenvalue weighted by atomic mass is 10.5. The molecule has 236 valence electrons. The molecule has 8 nitrogen and oxygen atoms in total. The van der Waals surface area contributed by atoms with Crippen LogP contribution in [0.15, 0.2) is 0 Å². The Morgan fingerprint density at radius 1 is 0.486 bits per heavy atom. The van der Waals surface area contributed by atoms with E-state index >= 15 is 0 Å². The van der Waals surface area contributed by atoms with Crippen LogP contribution < -0.4 is 17.2 Å². The Labute approximate surface area is 268 Å². The minimum absolute atomic E-state index is 0.0556. The van der Waals surface area contributed by atoms with Crippen molar-refractivity contribution in [1.82, 2.24) is 0 Å². The van der Waals surface area contributed by atoms with Crippen molar-refractivity contribution in [3.8, 4) is 0 Å². The van der Waals surface area contributed by atoms with Crippen molar-refractivity contribution < 1.29 is 24.1 Å². The summed E-state index contributed by atoms with van der Waals surface area (Å²) in [5.41, 5.74) is 15.0. The Balaban J connectivity index is -0.0000000586. The van der Waals surface area contributed by atoms with Gasteiger partial charge in [-0.3, -0.25) is 0 Å². The van der Waals surface area contributed by atoms with Gasteiger partial charge in [-0.15, -0.1) is 0 Å². The summed E-state index contributed by atoms with van der Waals surface area (Å²) in [6.07, 6.45) is 3.27. The molecule has 37 heavy (non-hydrogen) atoms. The standard InChI is InChI=1S/2C5H13NO.C5H12OS.C4H10OS2.CH5NS.CH4OS.CH4S2/c2*1-2-4-7-5-3-6;1-2-3-6-4-5-7;6-3-1-5-2-4-7;3*2-1-3/h2*2-6H2,1H3;7H,2-5H2,1H3;6-7H,1-4H2;3H,1-2H2;2*2-3H,1H2. The van der Waals surface area contributed by atoms with Gasteiger partial charge in [0.2, 0.25) is 0 Å². The Morgan fingerprint density at radius 2 is 0.676 bits per heavy atom. The summed E-state index contributed by atoms with van der Waals surface area (Å²) in [5.74, 6) is 2.82. The van der Waals surface area contributed by atoms with Crippen LogP contribution in [0, 0.1) is 0 Å². The van der Waals surface area contributed by atoms with Crippen molar-refractivity contribution in [1.29, 1.82) is 0 Å². The fourth-order valence-corrected chi connectivity index (χ4v) is 1.59. The van der Waals surface area contributed by atoms with Crippen LogP contribution in [0.1, 0.15) is 40.0 Å². The number of hydrogen-bond acceptors (Lipinski definition) is 15. The summed E-state index contributed by atoms with van der Waals surface area (Å²) in [6.45, 7) is 13.8. The lowest BCUT2D eigenvalue weighted by Crippen LogP contribution is -2.08. The maximum atomic E-state index is 7.43. The van der Waals surface area contributed by atoms with E-state index in [0.717, 1.165) is 76.2 Å². The maximum absolute atomic E-state index is 7.43. The average Bonchev–Trinajstić information content (AvgIpc) is 2.88. The summed E-state index contributed by atoms with van der Waals surface area (Å²) in [7, 11) is 0. The van der Waals surface area contributed by atoms with Gasteiger partial charge in [0.1, 0.15) is 0 Å². The Bertz CT molecular complexity index is 206. The average molecular weight is 672 g/mol. The van der Waals surface area contributed by atoms with Crippen LogP contribution in [0.5, 0.6) is 0 Å². The second-order valence-electron chi connectivity index (χ2n) is 5.66. The molecule has 0 aromatic carbocycles. The van der Waals surface area contributed by atoms with E-state index in [0.29, 0.717) is 37.3 Å². The monoisotopic (exact) mass is 671 g/mol. The molecule has 0 fully saturated rings. The quantitative estimate of drug-likeness (QED) is 0.0683. The molecule has 7 N–H and O–H groups in total. The van der Waals surface area contributed by atoms with Crippen LogP contribution >= 0.6 is 88.4 Å². The Hall–Kier alpha value is 2.13. The Kier molecular flexibility index (Phi) is 124. The zero-order valence-corrected chi connectivity index (χ0v) is 29.6. The summed E-state index contributed by atoms with van der Waals surface area (Å²) >= 11 is 26.1. The topological polar surface area (TPSA) is 135 Å². The van der Waals surface area contributed by atoms with Gasteiger partial charge in [0.15, 0.2) is 0 Å². The van der Waals surface area contributed by atoms with E-state index in [1.807, 2.05) is 0 Å². The molecule has 0 amide bonds. The van der Waals surface area contributed by atoms with E-state index in [-0.39, 0.29) is 5.94 Å². The van der Waals surface area contributed by atoms with E-state index in [9.17, 15) is 0 Å². The van der Waals surface area contributed by atoms with Gasteiger partial charge in [-0.2, -0.15) is 88.4 Å². The third-order valence-corrected chi connectivity index (χ3v) is 2.82. The summed E-state index contributed by atoms with van der Waals surface area (Å²) in [6, 6.07) is 0. The molecule has 0 aromatic rings. The molecular formula is C22H61N3O5S7. The second kappa shape index (κ2) is 83.2. The van der Waals surface area contributed by atoms with E-state index in [2.05, 4.69) is 109 Å². The van der Waals surface area contributed by atoms with E-state index in [1.165, 1.54) is 0 Å². The van der Waals surface area contributed by atoms with Crippen LogP contribution in [0.25, 0.3) is 0 Å². The first-order valence-electron chi connectivity index (χ1n) is 12.2. The molecule has 0 aromatic heterocycles. The highest BCUT2D eigenvalue weighted by molar-refractivity contribution is 7.98. The van der Waals surface area contributed by atoms with Gasteiger partial charge in [-0.1, -0.05) is 20.8 Å². The normalized spacial score (nSPS) is 8.59. The number of thiol groups is 7. The molecule has 15 heteroatoms. The Morgan fingerprint density at radius 3 is 0.838 bits per heavy atom. The lowest BCUT2D eigenvalue weighted by Gasteiger charge is -1.95. The molecule has 0 aliphatic rings. The maximum Gasteiger partial charge on any atom is 0.0857 e. The predicted octanol–water partition coefficient (Wildman–Crippen LogP) is 3.45. The SMILES string of the molecule is CCCOCCN.CCCOCCN.CCCOCCS.NCS.OCS.SCCOCCS.SCS. The number of aliphatic hydroxyl groups excluding tert-OH is 1. The summed E-state index contributed by atoms with van der Waals surface area (Å²) in [5, 5.41) is 8.07. The largest absolute Gasteiger partial charge is 0.386 e. The van der Waals surface area contributed by atoms with Gasteiger partial charge in [0.25, 0.3) is 0 Å². The predicted molar refractivity (Wildman–Crippen MR) is 191 cm³/mol. The van der Waals surface area contributed by atoms with Crippen molar-refractivity contribution in [3.05, 3.63) is 0 Å². The fraction of sp³-hybridized carbons (Fsp3) is 1.00.